The lowest BCUT2D eigenvalue weighted by atomic mass is 9.82. The molecule has 1 saturated carbocycles. The summed E-state index contributed by atoms with van der Waals surface area (Å²) in [5, 5.41) is 26.6. The Labute approximate surface area is 303 Å². The summed E-state index contributed by atoms with van der Waals surface area (Å²) in [5.74, 6) is 1.49. The van der Waals surface area contributed by atoms with Crippen molar-refractivity contribution < 1.29 is 9.59 Å². The lowest BCUT2D eigenvalue weighted by Crippen LogP contribution is -2.29. The van der Waals surface area contributed by atoms with Crippen molar-refractivity contribution in [3.05, 3.63) is 80.8 Å². The van der Waals surface area contributed by atoms with E-state index in [0.29, 0.717) is 34.9 Å². The normalized spacial score (nSPS) is 21.2. The minimum atomic E-state index is -0.0665. The van der Waals surface area contributed by atoms with Gasteiger partial charge in [-0.1, -0.05) is 77.6 Å². The predicted molar refractivity (Wildman–Crippen MR) is 200 cm³/mol. The highest BCUT2D eigenvalue weighted by Crippen LogP contribution is 2.43. The van der Waals surface area contributed by atoms with Crippen LogP contribution < -0.4 is 10.6 Å². The highest BCUT2D eigenvalue weighted by molar-refractivity contribution is 7.15. The minimum Gasteiger partial charge on any atom is -0.306 e. The molecule has 1 aliphatic carbocycles. The monoisotopic (exact) mass is 712 g/mol. The maximum Gasteiger partial charge on any atom is 0.230 e. The first-order valence-electron chi connectivity index (χ1n) is 18.2. The number of piperidine rings is 2. The molecule has 2 amide bonds. The first-order valence-corrected chi connectivity index (χ1v) is 19.8. The number of benzene rings is 2. The third-order valence-electron chi connectivity index (χ3n) is 10.8. The zero-order valence-corrected chi connectivity index (χ0v) is 30.8. The van der Waals surface area contributed by atoms with E-state index in [2.05, 4.69) is 91.3 Å². The molecule has 264 valence electrons. The van der Waals surface area contributed by atoms with Gasteiger partial charge < -0.3 is 20.4 Å². The summed E-state index contributed by atoms with van der Waals surface area (Å²) in [6.07, 6.45) is 9.30. The molecular formula is C38H48N8O2S2. The highest BCUT2D eigenvalue weighted by atomic mass is 32.1. The van der Waals surface area contributed by atoms with Crippen molar-refractivity contribution in [2.24, 2.45) is 0 Å². The molecule has 0 radical (unpaired) electrons. The molecule has 4 aromatic rings. The van der Waals surface area contributed by atoms with Crippen LogP contribution in [0.2, 0.25) is 0 Å². The fraction of sp³-hybridized carbons (Fsp3) is 0.526. The molecule has 3 fully saturated rings. The Hall–Kier alpha value is -3.58. The van der Waals surface area contributed by atoms with Gasteiger partial charge in [-0.3, -0.25) is 9.59 Å². The van der Waals surface area contributed by atoms with Crippen molar-refractivity contribution in [2.45, 2.75) is 87.9 Å². The van der Waals surface area contributed by atoms with E-state index in [1.165, 1.54) is 33.8 Å². The molecule has 0 bridgehead atoms. The molecule has 2 aliphatic heterocycles. The van der Waals surface area contributed by atoms with Crippen LogP contribution in [-0.4, -0.2) is 82.3 Å². The van der Waals surface area contributed by atoms with Gasteiger partial charge in [-0.15, -0.1) is 20.4 Å². The van der Waals surface area contributed by atoms with Crippen LogP contribution in [0.3, 0.4) is 0 Å². The topological polar surface area (TPSA) is 116 Å². The maximum atomic E-state index is 13.0. The second-order valence-electron chi connectivity index (χ2n) is 14.5. The van der Waals surface area contributed by atoms with E-state index in [1.54, 1.807) is 0 Å². The Bertz CT molecular complexity index is 1630. The first-order chi connectivity index (χ1) is 24.3. The zero-order chi connectivity index (χ0) is 34.5. The van der Waals surface area contributed by atoms with Crippen LogP contribution >= 0.6 is 22.7 Å². The van der Waals surface area contributed by atoms with E-state index in [4.69, 9.17) is 0 Å². The van der Waals surface area contributed by atoms with Gasteiger partial charge >= 0.3 is 0 Å². The van der Waals surface area contributed by atoms with Gasteiger partial charge in [-0.05, 0) is 119 Å². The lowest BCUT2D eigenvalue weighted by molar-refractivity contribution is -0.116. The summed E-state index contributed by atoms with van der Waals surface area (Å²) < 4.78 is 0. The molecule has 2 saturated heterocycles. The summed E-state index contributed by atoms with van der Waals surface area (Å²) in [5.41, 5.74) is 4.73. The molecule has 2 atom stereocenters. The minimum absolute atomic E-state index is 0.0665. The Morgan fingerprint density at radius 2 is 1.08 bits per heavy atom. The van der Waals surface area contributed by atoms with Gasteiger partial charge in [0.1, 0.15) is 10.0 Å². The molecule has 0 unspecified atom stereocenters. The number of nitrogens with zero attached hydrogens (tertiary/aromatic N) is 6. The first kappa shape index (κ1) is 34.9. The van der Waals surface area contributed by atoms with E-state index in [-0.39, 0.29) is 23.7 Å². The van der Waals surface area contributed by atoms with Crippen LogP contribution in [0.25, 0.3) is 0 Å². The highest BCUT2D eigenvalue weighted by Gasteiger charge is 2.30. The number of likely N-dealkylation sites (tertiary alicyclic amines) is 2. The quantitative estimate of drug-likeness (QED) is 0.184. The van der Waals surface area contributed by atoms with Crippen LogP contribution in [0, 0.1) is 0 Å². The standard InChI is InChI=1S/C38H48N8O2S2/c1-45-16-12-27(13-17-45)29-8-3-6-25(20-29)22-33(47)39-37-43-41-35(49-37)31-10-5-11-32(24-31)36-42-44-38(50-36)40-34(48)23-26-7-4-9-30(21-26)28-14-18-46(2)19-15-28/h3-4,6-9,20-21,27-28,31-32H,5,10-19,22-24H2,1-2H3,(H,39,43,47)(H,40,44,48)/t31-,32-/m0/s1. The van der Waals surface area contributed by atoms with E-state index >= 15 is 0 Å². The molecule has 2 N–H and O–H groups in total. The van der Waals surface area contributed by atoms with Crippen LogP contribution in [0.15, 0.2) is 48.5 Å². The molecule has 10 nitrogen and oxygen atoms in total. The van der Waals surface area contributed by atoms with Gasteiger partial charge in [-0.2, -0.15) is 0 Å². The molecule has 3 aliphatic rings. The molecule has 4 heterocycles. The summed E-state index contributed by atoms with van der Waals surface area (Å²) in [4.78, 5) is 30.7. The number of carbonyl (C=O) groups is 2. The van der Waals surface area contributed by atoms with Crippen LogP contribution in [0.5, 0.6) is 0 Å². The largest absolute Gasteiger partial charge is 0.306 e. The average Bonchev–Trinajstić information content (AvgIpc) is 3.79. The fourth-order valence-corrected chi connectivity index (χ4v) is 9.65. The summed E-state index contributed by atoms with van der Waals surface area (Å²) in [7, 11) is 4.36. The second-order valence-corrected chi connectivity index (χ2v) is 16.6. The Morgan fingerprint density at radius 3 is 1.52 bits per heavy atom. The molecule has 50 heavy (non-hydrogen) atoms. The maximum absolute atomic E-state index is 13.0. The van der Waals surface area contributed by atoms with Gasteiger partial charge in [-0.25, -0.2) is 0 Å². The lowest BCUT2D eigenvalue weighted by Gasteiger charge is -2.29. The predicted octanol–water partition coefficient (Wildman–Crippen LogP) is 6.81. The van der Waals surface area contributed by atoms with Gasteiger partial charge in [0, 0.05) is 11.8 Å². The van der Waals surface area contributed by atoms with Crippen molar-refractivity contribution in [1.29, 1.82) is 0 Å². The Morgan fingerprint density at radius 1 is 0.640 bits per heavy atom. The van der Waals surface area contributed by atoms with Crippen molar-refractivity contribution in [3.8, 4) is 0 Å². The molecule has 2 aromatic carbocycles. The molecular weight excluding hydrogens is 665 g/mol. The molecule has 2 aromatic heterocycles. The van der Waals surface area contributed by atoms with E-state index in [1.807, 2.05) is 12.1 Å². The molecule has 0 spiro atoms. The van der Waals surface area contributed by atoms with Gasteiger partial charge in [0.05, 0.1) is 12.8 Å². The fourth-order valence-electron chi connectivity index (χ4n) is 7.83. The second kappa shape index (κ2) is 16.2. The molecule has 7 rings (SSSR count). The number of nitrogens with one attached hydrogen (secondary N) is 2. The third-order valence-corrected chi connectivity index (χ3v) is 12.8. The number of amides is 2. The van der Waals surface area contributed by atoms with Crippen molar-refractivity contribution >= 4 is 44.8 Å². The van der Waals surface area contributed by atoms with Crippen molar-refractivity contribution in [3.63, 3.8) is 0 Å². The van der Waals surface area contributed by atoms with Crippen LogP contribution in [-0.2, 0) is 22.4 Å². The van der Waals surface area contributed by atoms with Crippen molar-refractivity contribution in [2.75, 3.05) is 50.9 Å². The number of hydrogen-bond acceptors (Lipinski definition) is 10. The van der Waals surface area contributed by atoms with Crippen LogP contribution in [0.4, 0.5) is 10.3 Å². The van der Waals surface area contributed by atoms with E-state index in [0.717, 1.165) is 98.7 Å². The Kier molecular flexibility index (Phi) is 11.3. The van der Waals surface area contributed by atoms with E-state index in [9.17, 15) is 9.59 Å². The SMILES string of the molecule is CN1CCC(c2cccc(CC(=O)Nc3nnc([C@H]4CCC[C@H](c5nnc(NC(=O)Cc6cccc(C7CCN(C)CC7)c6)s5)C4)s3)c2)CC1. The summed E-state index contributed by atoms with van der Waals surface area (Å²) >= 11 is 2.95. The van der Waals surface area contributed by atoms with Gasteiger partial charge in [0.25, 0.3) is 0 Å². The number of carbonyl (C=O) groups excluding carboxylic acids is 2. The average molecular weight is 713 g/mol. The van der Waals surface area contributed by atoms with Gasteiger partial charge in [0.15, 0.2) is 0 Å². The number of rotatable bonds is 10. The summed E-state index contributed by atoms with van der Waals surface area (Å²) in [6.45, 7) is 4.47. The molecule has 12 heteroatoms. The number of aromatic nitrogens is 4. The zero-order valence-electron chi connectivity index (χ0n) is 29.1. The smallest absolute Gasteiger partial charge is 0.230 e. The number of hydrogen-bond donors (Lipinski definition) is 2. The Balaban J connectivity index is 0.895. The van der Waals surface area contributed by atoms with Gasteiger partial charge in [0.2, 0.25) is 22.1 Å². The van der Waals surface area contributed by atoms with E-state index < -0.39 is 0 Å². The third kappa shape index (κ3) is 9.01. The van der Waals surface area contributed by atoms with Crippen molar-refractivity contribution in [1.82, 2.24) is 30.2 Å². The summed E-state index contributed by atoms with van der Waals surface area (Å²) in [6, 6.07) is 17.0. The van der Waals surface area contributed by atoms with Crippen LogP contribution in [0.1, 0.15) is 107 Å². The number of anilines is 2.